The van der Waals surface area contributed by atoms with Gasteiger partial charge in [0.15, 0.2) is 0 Å². The van der Waals surface area contributed by atoms with Crippen LogP contribution in [0.2, 0.25) is 0 Å². The van der Waals surface area contributed by atoms with Crippen molar-refractivity contribution in [1.29, 1.82) is 0 Å². The summed E-state index contributed by atoms with van der Waals surface area (Å²) >= 11 is 1.89. The Morgan fingerprint density at radius 1 is 0.507 bits per heavy atom. The summed E-state index contributed by atoms with van der Waals surface area (Å²) in [6, 6.07) is 72.1. The first kappa shape index (κ1) is 46.5. The van der Waals surface area contributed by atoms with Gasteiger partial charge in [-0.05, 0) is 178 Å². The molecule has 9 aromatic carbocycles. The Bertz CT molecular complexity index is 3920. The molecule has 0 N–H and O–H groups in total. The molecule has 0 radical (unpaired) electrons. The van der Waals surface area contributed by atoms with E-state index in [9.17, 15) is 0 Å². The van der Waals surface area contributed by atoms with Gasteiger partial charge >= 0.3 is 0 Å². The Kier molecular flexibility index (Phi) is 12.4. The number of benzene rings is 9. The van der Waals surface area contributed by atoms with Crippen LogP contribution in [0.15, 0.2) is 212 Å². The molecule has 0 amide bonds. The smallest absolute Gasteiger partial charge is 0.0541 e. The second-order valence-electron chi connectivity index (χ2n) is 21.1. The number of rotatable bonds is 8. The summed E-state index contributed by atoms with van der Waals surface area (Å²) in [5, 5.41) is 5.21. The summed E-state index contributed by atoms with van der Waals surface area (Å²) in [6.07, 6.45) is 9.90. The van der Waals surface area contributed by atoms with Gasteiger partial charge in [-0.1, -0.05) is 197 Å². The molecule has 0 aliphatic heterocycles. The molecule has 73 heavy (non-hydrogen) atoms. The van der Waals surface area contributed by atoms with E-state index in [1.165, 1.54) is 146 Å². The third-order valence-electron chi connectivity index (χ3n) is 15.9. The van der Waals surface area contributed by atoms with Gasteiger partial charge in [0.25, 0.3) is 0 Å². The largest absolute Gasteiger partial charge is 0.309 e. The summed E-state index contributed by atoms with van der Waals surface area (Å²) in [6.45, 7) is 13.6. The molecule has 0 bridgehead atoms. The summed E-state index contributed by atoms with van der Waals surface area (Å²) in [7, 11) is 0. The predicted molar refractivity (Wildman–Crippen MR) is 318 cm³/mol. The maximum Gasteiger partial charge on any atom is 0.0541 e. The number of aromatic nitrogens is 1. The Hall–Kier alpha value is -7.52. The average Bonchev–Trinajstić information content (AvgIpc) is 3.96. The normalized spacial score (nSPS) is 14.9. The van der Waals surface area contributed by atoms with Gasteiger partial charge in [0, 0.05) is 36.6 Å². The van der Waals surface area contributed by atoms with Crippen molar-refractivity contribution in [2.24, 2.45) is 5.92 Å². The third-order valence-corrected chi connectivity index (χ3v) is 17.2. The van der Waals surface area contributed by atoms with E-state index in [0.717, 1.165) is 5.92 Å². The Morgan fingerprint density at radius 2 is 1.12 bits per heavy atom. The molecule has 2 heteroatoms. The molecule has 1 fully saturated rings. The van der Waals surface area contributed by atoms with E-state index in [2.05, 4.69) is 252 Å². The van der Waals surface area contributed by atoms with Crippen LogP contribution in [0.3, 0.4) is 0 Å². The molecule has 1 unspecified atom stereocenters. The number of hydrogen-bond acceptors (Lipinski definition) is 1. The number of aryl methyl sites for hydroxylation is 2. The van der Waals surface area contributed by atoms with Crippen LogP contribution in [0.5, 0.6) is 0 Å². The van der Waals surface area contributed by atoms with E-state index in [4.69, 9.17) is 0 Å². The number of hydrogen-bond donors (Lipinski definition) is 0. The van der Waals surface area contributed by atoms with Crippen LogP contribution in [0.25, 0.3) is 97.7 Å². The highest BCUT2D eigenvalue weighted by Crippen LogP contribution is 2.47. The van der Waals surface area contributed by atoms with Crippen molar-refractivity contribution in [3.63, 3.8) is 0 Å². The van der Waals surface area contributed by atoms with E-state index in [-0.39, 0.29) is 0 Å². The topological polar surface area (TPSA) is 4.93 Å². The van der Waals surface area contributed by atoms with Gasteiger partial charge in [-0.3, -0.25) is 0 Å². The quantitative estimate of drug-likeness (QED) is 0.143. The fraction of sp³-hybridized carbons (Fsp3) is 0.183. The molecule has 0 spiro atoms. The van der Waals surface area contributed by atoms with Crippen LogP contribution >= 0.6 is 11.3 Å². The summed E-state index contributed by atoms with van der Waals surface area (Å²) in [5.41, 5.74) is 24.2. The van der Waals surface area contributed by atoms with E-state index >= 15 is 0 Å². The molecule has 13 rings (SSSR count). The van der Waals surface area contributed by atoms with Crippen molar-refractivity contribution in [2.45, 2.75) is 79.1 Å². The fourth-order valence-corrected chi connectivity index (χ4v) is 13.0. The first-order valence-corrected chi connectivity index (χ1v) is 27.3. The highest BCUT2D eigenvalue weighted by Gasteiger charge is 2.28. The molecule has 2 heterocycles. The molecule has 1 atom stereocenters. The number of allylic oxidation sites excluding steroid dienone is 4. The van der Waals surface area contributed by atoms with E-state index in [0.29, 0.717) is 11.8 Å². The number of para-hydroxylation sites is 1. The van der Waals surface area contributed by atoms with Crippen molar-refractivity contribution in [3.8, 4) is 50.2 Å². The number of fused-ring (bicyclic) bond motifs is 6. The maximum atomic E-state index is 2.41. The second-order valence-corrected chi connectivity index (χ2v) is 22.2. The van der Waals surface area contributed by atoms with E-state index in [1.54, 1.807) is 11.1 Å². The molecule has 2 aliphatic rings. The zero-order valence-electron chi connectivity index (χ0n) is 43.0. The monoisotopic (exact) mass is 961 g/mol. The van der Waals surface area contributed by atoms with Crippen molar-refractivity contribution < 1.29 is 0 Å². The minimum Gasteiger partial charge on any atom is -0.309 e. The zero-order chi connectivity index (χ0) is 49.7. The second kappa shape index (κ2) is 19.5. The molecular formula is C71H63NS. The van der Waals surface area contributed by atoms with E-state index in [1.807, 2.05) is 11.3 Å². The SMILES string of the molecule is CC1=C(c2cccc(-c3ccc(C)cc3)c2C2CCC2)CC(C)C=C1.Cc1ccc(-c2ccc3c(c2)c2ccccc2n3-c2ccc(-c3cccc4c3sc3ccccc34)cc2)cc1-c1ccccc1C(C)C. The maximum absolute atomic E-state index is 2.41. The molecule has 11 aromatic rings. The van der Waals surface area contributed by atoms with Gasteiger partial charge in [-0.15, -0.1) is 11.3 Å². The van der Waals surface area contributed by atoms with Crippen molar-refractivity contribution in [3.05, 3.63) is 240 Å². The van der Waals surface area contributed by atoms with Crippen LogP contribution < -0.4 is 0 Å². The highest BCUT2D eigenvalue weighted by molar-refractivity contribution is 7.26. The Morgan fingerprint density at radius 3 is 1.92 bits per heavy atom. The van der Waals surface area contributed by atoms with Crippen molar-refractivity contribution in [1.82, 2.24) is 4.57 Å². The Balaban J connectivity index is 0.000000182. The lowest BCUT2D eigenvalue weighted by Crippen LogP contribution is -2.14. The zero-order valence-corrected chi connectivity index (χ0v) is 43.9. The van der Waals surface area contributed by atoms with Gasteiger partial charge in [-0.25, -0.2) is 0 Å². The first-order valence-electron chi connectivity index (χ1n) is 26.5. The summed E-state index contributed by atoms with van der Waals surface area (Å²) in [4.78, 5) is 0. The van der Waals surface area contributed by atoms with Crippen molar-refractivity contribution >= 4 is 58.9 Å². The lowest BCUT2D eigenvalue weighted by Gasteiger charge is -2.32. The number of nitrogens with zero attached hydrogens (tertiary/aromatic N) is 1. The minimum atomic E-state index is 0.463. The highest BCUT2D eigenvalue weighted by atomic mass is 32.1. The third kappa shape index (κ3) is 8.66. The lowest BCUT2D eigenvalue weighted by atomic mass is 9.72. The molecular weight excluding hydrogens is 899 g/mol. The lowest BCUT2D eigenvalue weighted by molar-refractivity contribution is 0.420. The molecule has 1 nitrogen and oxygen atoms in total. The van der Waals surface area contributed by atoms with Gasteiger partial charge in [-0.2, -0.15) is 0 Å². The van der Waals surface area contributed by atoms with E-state index < -0.39 is 0 Å². The van der Waals surface area contributed by atoms with Gasteiger partial charge in [0.2, 0.25) is 0 Å². The first-order chi connectivity index (χ1) is 35.7. The summed E-state index contributed by atoms with van der Waals surface area (Å²) < 4.78 is 5.10. The van der Waals surface area contributed by atoms with Crippen LogP contribution in [0.1, 0.15) is 93.0 Å². The van der Waals surface area contributed by atoms with Gasteiger partial charge < -0.3 is 4.57 Å². The number of thiophene rings is 1. The average molecular weight is 962 g/mol. The van der Waals surface area contributed by atoms with Crippen LogP contribution in [0, 0.1) is 19.8 Å². The van der Waals surface area contributed by atoms with Crippen molar-refractivity contribution in [2.75, 3.05) is 0 Å². The minimum absolute atomic E-state index is 0.463. The predicted octanol–water partition coefficient (Wildman–Crippen LogP) is 20.9. The molecule has 358 valence electrons. The molecule has 2 aliphatic carbocycles. The fourth-order valence-electron chi connectivity index (χ4n) is 11.8. The molecule has 2 aromatic heterocycles. The van der Waals surface area contributed by atoms with Gasteiger partial charge in [0.1, 0.15) is 0 Å². The van der Waals surface area contributed by atoms with Crippen LogP contribution in [-0.2, 0) is 0 Å². The standard InChI is InChI=1S/C46H35NS.C25H28/c1-29(2)35-11-4-5-12-37(35)41-27-32(20-19-30(41)3)33-23-26-44-42(28-33)38-13-6-8-17-43(38)47(44)34-24-21-31(22-25-34)36-15-10-16-40-39-14-7-9-18-45(39)48-46(36)40;1-17-11-14-20(15-12-17)22-8-5-9-23(25(22)21-6-4-7-21)24-16-18(2)10-13-19(24)3/h4-29H,1-3H3;5,8-15,18,21H,4,6-7,16H2,1-3H3. The molecule has 1 saturated carbocycles. The Labute approximate surface area is 435 Å². The van der Waals surface area contributed by atoms with Crippen LogP contribution in [-0.4, -0.2) is 4.57 Å². The summed E-state index contributed by atoms with van der Waals surface area (Å²) in [5.74, 6) is 1.83. The van der Waals surface area contributed by atoms with Crippen LogP contribution in [0.4, 0.5) is 0 Å². The molecule has 0 saturated heterocycles. The van der Waals surface area contributed by atoms with Gasteiger partial charge in [0.05, 0.1) is 11.0 Å².